The Bertz CT molecular complexity index is 540. The number of hydrogen-bond acceptors (Lipinski definition) is 2. The summed E-state index contributed by atoms with van der Waals surface area (Å²) >= 11 is 0. The van der Waals surface area contributed by atoms with Gasteiger partial charge >= 0.3 is 0 Å². The molecule has 1 aromatic rings. The number of amides is 2. The number of nitrogens with zero attached hydrogens (tertiary/aromatic N) is 1. The second-order valence-electron chi connectivity index (χ2n) is 6.10. The molecule has 2 rings (SSSR count). The van der Waals surface area contributed by atoms with Gasteiger partial charge in [-0.2, -0.15) is 0 Å². The van der Waals surface area contributed by atoms with Crippen LogP contribution in [-0.4, -0.2) is 35.8 Å². The van der Waals surface area contributed by atoms with Crippen molar-refractivity contribution in [1.29, 1.82) is 0 Å². The molecule has 4 nitrogen and oxygen atoms in total. The van der Waals surface area contributed by atoms with E-state index in [9.17, 15) is 14.0 Å². The van der Waals surface area contributed by atoms with E-state index in [2.05, 4.69) is 5.32 Å². The van der Waals surface area contributed by atoms with E-state index in [1.807, 2.05) is 17.9 Å². The lowest BCUT2D eigenvalue weighted by atomic mass is 10.0. The van der Waals surface area contributed by atoms with E-state index in [1.165, 1.54) is 12.1 Å². The molecule has 0 aliphatic carbocycles. The molecule has 1 aromatic carbocycles. The van der Waals surface area contributed by atoms with Gasteiger partial charge in [-0.3, -0.25) is 9.59 Å². The van der Waals surface area contributed by atoms with Crippen molar-refractivity contribution in [3.05, 3.63) is 35.6 Å². The van der Waals surface area contributed by atoms with Crippen LogP contribution in [0.2, 0.25) is 0 Å². The summed E-state index contributed by atoms with van der Waals surface area (Å²) in [6.45, 7) is 3.34. The monoisotopic (exact) mass is 320 g/mol. The highest BCUT2D eigenvalue weighted by molar-refractivity contribution is 5.77. The molecule has 1 heterocycles. The van der Waals surface area contributed by atoms with Crippen LogP contribution in [0, 0.1) is 5.82 Å². The molecule has 1 aliphatic heterocycles. The Balaban J connectivity index is 1.72. The van der Waals surface area contributed by atoms with Gasteiger partial charge in [0, 0.05) is 32.0 Å². The number of rotatable bonds is 6. The molecular weight excluding hydrogens is 295 g/mol. The third-order valence-electron chi connectivity index (χ3n) is 4.21. The summed E-state index contributed by atoms with van der Waals surface area (Å²) in [5.41, 5.74) is 0.847. The first-order chi connectivity index (χ1) is 11.1. The van der Waals surface area contributed by atoms with E-state index >= 15 is 0 Å². The van der Waals surface area contributed by atoms with E-state index in [0.717, 1.165) is 24.8 Å². The van der Waals surface area contributed by atoms with Gasteiger partial charge in [-0.05, 0) is 43.4 Å². The molecule has 0 atom stereocenters. The Kier molecular flexibility index (Phi) is 6.56. The zero-order valence-electron chi connectivity index (χ0n) is 13.7. The molecule has 126 valence electrons. The summed E-state index contributed by atoms with van der Waals surface area (Å²) < 4.78 is 13.1. The first-order valence-electron chi connectivity index (χ1n) is 8.40. The SMILES string of the molecule is CCCC(=O)NC1CCN(C(=O)CCc2cccc(F)c2)CC1. The molecular formula is C18H25FN2O2. The first-order valence-corrected chi connectivity index (χ1v) is 8.40. The van der Waals surface area contributed by atoms with Crippen LogP contribution >= 0.6 is 0 Å². The number of halogens is 1. The third-order valence-corrected chi connectivity index (χ3v) is 4.21. The zero-order chi connectivity index (χ0) is 16.7. The highest BCUT2D eigenvalue weighted by Gasteiger charge is 2.23. The first kappa shape index (κ1) is 17.4. The van der Waals surface area contributed by atoms with Crippen molar-refractivity contribution in [3.63, 3.8) is 0 Å². The van der Waals surface area contributed by atoms with Crippen molar-refractivity contribution in [2.45, 2.75) is 51.5 Å². The minimum atomic E-state index is -0.265. The number of likely N-dealkylation sites (tertiary alicyclic amines) is 1. The topological polar surface area (TPSA) is 49.4 Å². The summed E-state index contributed by atoms with van der Waals surface area (Å²) in [5, 5.41) is 3.02. The van der Waals surface area contributed by atoms with Gasteiger partial charge in [0.15, 0.2) is 0 Å². The van der Waals surface area contributed by atoms with Crippen molar-refractivity contribution in [3.8, 4) is 0 Å². The molecule has 0 spiro atoms. The van der Waals surface area contributed by atoms with Crippen molar-refractivity contribution in [2.75, 3.05) is 13.1 Å². The molecule has 0 unspecified atom stereocenters. The predicted molar refractivity (Wildman–Crippen MR) is 87.4 cm³/mol. The molecule has 2 amide bonds. The minimum absolute atomic E-state index is 0.100. The lowest BCUT2D eigenvalue weighted by Gasteiger charge is -2.32. The molecule has 1 N–H and O–H groups in total. The van der Waals surface area contributed by atoms with Gasteiger partial charge in [-0.15, -0.1) is 0 Å². The van der Waals surface area contributed by atoms with E-state index < -0.39 is 0 Å². The lowest BCUT2D eigenvalue weighted by molar-refractivity contribution is -0.132. The van der Waals surface area contributed by atoms with Crippen LogP contribution in [0.5, 0.6) is 0 Å². The number of hydrogen-bond donors (Lipinski definition) is 1. The summed E-state index contributed by atoms with van der Waals surface area (Å²) in [5.74, 6) is -0.0606. The predicted octanol–water partition coefficient (Wildman–Crippen LogP) is 2.67. The molecule has 0 saturated carbocycles. The second kappa shape index (κ2) is 8.65. The Labute approximate surface area is 137 Å². The van der Waals surface area contributed by atoms with Gasteiger partial charge in [0.1, 0.15) is 5.82 Å². The van der Waals surface area contributed by atoms with Gasteiger partial charge in [0.2, 0.25) is 11.8 Å². The van der Waals surface area contributed by atoms with Crippen molar-refractivity contribution >= 4 is 11.8 Å². The number of aryl methyl sites for hydroxylation is 1. The Morgan fingerprint density at radius 3 is 2.65 bits per heavy atom. The fourth-order valence-electron chi connectivity index (χ4n) is 2.90. The van der Waals surface area contributed by atoms with Crippen LogP contribution in [0.3, 0.4) is 0 Å². The highest BCUT2D eigenvalue weighted by Crippen LogP contribution is 2.13. The van der Waals surface area contributed by atoms with Gasteiger partial charge in [-0.25, -0.2) is 4.39 Å². The highest BCUT2D eigenvalue weighted by atomic mass is 19.1. The molecule has 5 heteroatoms. The standard InChI is InChI=1S/C18H25FN2O2/c1-2-4-17(22)20-16-9-11-21(12-10-16)18(23)8-7-14-5-3-6-15(19)13-14/h3,5-6,13,16H,2,4,7-12H2,1H3,(H,20,22). The fraction of sp³-hybridized carbons (Fsp3) is 0.556. The Morgan fingerprint density at radius 2 is 2.00 bits per heavy atom. The summed E-state index contributed by atoms with van der Waals surface area (Å²) in [6, 6.07) is 6.57. The van der Waals surface area contributed by atoms with Gasteiger partial charge in [0.25, 0.3) is 0 Å². The number of benzene rings is 1. The van der Waals surface area contributed by atoms with Crippen molar-refractivity contribution in [2.24, 2.45) is 0 Å². The van der Waals surface area contributed by atoms with Crippen molar-refractivity contribution in [1.82, 2.24) is 10.2 Å². The number of carbonyl (C=O) groups excluding carboxylic acids is 2. The zero-order valence-corrected chi connectivity index (χ0v) is 13.7. The third kappa shape index (κ3) is 5.66. The molecule has 1 saturated heterocycles. The Hall–Kier alpha value is -1.91. The molecule has 23 heavy (non-hydrogen) atoms. The van der Waals surface area contributed by atoms with Crippen LogP contribution < -0.4 is 5.32 Å². The smallest absolute Gasteiger partial charge is 0.222 e. The maximum absolute atomic E-state index is 13.1. The molecule has 0 bridgehead atoms. The number of carbonyl (C=O) groups is 2. The quantitative estimate of drug-likeness (QED) is 0.876. The van der Waals surface area contributed by atoms with Crippen LogP contribution in [0.25, 0.3) is 0 Å². The maximum Gasteiger partial charge on any atom is 0.222 e. The molecule has 1 aliphatic rings. The average Bonchev–Trinajstić information content (AvgIpc) is 2.53. The van der Waals surface area contributed by atoms with E-state index in [4.69, 9.17) is 0 Å². The van der Waals surface area contributed by atoms with Crippen molar-refractivity contribution < 1.29 is 14.0 Å². The van der Waals surface area contributed by atoms with E-state index in [0.29, 0.717) is 32.4 Å². The van der Waals surface area contributed by atoms with Gasteiger partial charge in [0.05, 0.1) is 0 Å². The van der Waals surface area contributed by atoms with E-state index in [1.54, 1.807) is 6.07 Å². The van der Waals surface area contributed by atoms with E-state index in [-0.39, 0.29) is 23.7 Å². The van der Waals surface area contributed by atoms with Crippen LogP contribution in [-0.2, 0) is 16.0 Å². The maximum atomic E-state index is 13.1. The van der Waals surface area contributed by atoms with Gasteiger partial charge in [-0.1, -0.05) is 19.1 Å². The summed E-state index contributed by atoms with van der Waals surface area (Å²) in [6.07, 6.45) is 3.98. The Morgan fingerprint density at radius 1 is 1.26 bits per heavy atom. The van der Waals surface area contributed by atoms with Crippen LogP contribution in [0.4, 0.5) is 4.39 Å². The summed E-state index contributed by atoms with van der Waals surface area (Å²) in [4.78, 5) is 25.7. The number of nitrogens with one attached hydrogen (secondary N) is 1. The largest absolute Gasteiger partial charge is 0.353 e. The second-order valence-corrected chi connectivity index (χ2v) is 6.10. The normalized spacial score (nSPS) is 15.5. The fourth-order valence-corrected chi connectivity index (χ4v) is 2.90. The average molecular weight is 320 g/mol. The van der Waals surface area contributed by atoms with Crippen LogP contribution in [0.1, 0.15) is 44.6 Å². The van der Waals surface area contributed by atoms with Gasteiger partial charge < -0.3 is 10.2 Å². The summed E-state index contributed by atoms with van der Waals surface area (Å²) in [7, 11) is 0. The van der Waals surface area contributed by atoms with Crippen LogP contribution in [0.15, 0.2) is 24.3 Å². The lowest BCUT2D eigenvalue weighted by Crippen LogP contribution is -2.46. The molecule has 0 radical (unpaired) electrons. The number of piperidine rings is 1. The minimum Gasteiger partial charge on any atom is -0.353 e. The molecule has 1 fully saturated rings. The molecule has 0 aromatic heterocycles.